The topological polar surface area (TPSA) is 98.5 Å². The molecule has 142 valence electrons. The SMILES string of the molecule is CC(SCC(=O)Nc1ccc(F)cc1)C(=O)OCc1ccccc1[N+](=O)[O-]. The maximum absolute atomic E-state index is 12.8. The predicted octanol–water partition coefficient (Wildman–Crippen LogP) is 3.54. The average Bonchev–Trinajstić information content (AvgIpc) is 2.66. The molecule has 0 radical (unpaired) electrons. The number of hydrogen-bond acceptors (Lipinski definition) is 6. The molecule has 0 saturated carbocycles. The fourth-order valence-corrected chi connectivity index (χ4v) is 2.75. The molecule has 2 aromatic rings. The van der Waals surface area contributed by atoms with Crippen LogP contribution in [-0.4, -0.2) is 27.8 Å². The lowest BCUT2D eigenvalue weighted by atomic mass is 10.2. The number of thioether (sulfide) groups is 1. The molecule has 0 aliphatic rings. The van der Waals surface area contributed by atoms with Crippen LogP contribution in [0.3, 0.4) is 0 Å². The van der Waals surface area contributed by atoms with E-state index in [4.69, 9.17) is 4.74 Å². The molecule has 1 unspecified atom stereocenters. The zero-order valence-electron chi connectivity index (χ0n) is 14.4. The van der Waals surface area contributed by atoms with E-state index in [1.54, 1.807) is 13.0 Å². The lowest BCUT2D eigenvalue weighted by Crippen LogP contribution is -2.21. The highest BCUT2D eigenvalue weighted by Gasteiger charge is 2.19. The summed E-state index contributed by atoms with van der Waals surface area (Å²) in [4.78, 5) is 34.3. The molecule has 0 aromatic heterocycles. The van der Waals surface area contributed by atoms with Gasteiger partial charge in [-0.3, -0.25) is 19.7 Å². The van der Waals surface area contributed by atoms with E-state index in [2.05, 4.69) is 5.32 Å². The first-order valence-corrected chi connectivity index (χ1v) is 8.97. The standard InChI is InChI=1S/C18H17FN2O5S/c1-12(27-11-17(22)20-15-8-6-14(19)7-9-15)18(23)26-10-13-4-2-3-5-16(13)21(24)25/h2-9,12H,10-11H2,1H3,(H,20,22). The molecule has 1 N–H and O–H groups in total. The van der Waals surface area contributed by atoms with E-state index >= 15 is 0 Å². The van der Waals surface area contributed by atoms with Gasteiger partial charge in [0.1, 0.15) is 17.7 Å². The number of amides is 1. The molecule has 27 heavy (non-hydrogen) atoms. The molecule has 0 fully saturated rings. The molecule has 0 aliphatic heterocycles. The summed E-state index contributed by atoms with van der Waals surface area (Å²) >= 11 is 1.07. The number of rotatable bonds is 8. The predicted molar refractivity (Wildman–Crippen MR) is 99.8 cm³/mol. The minimum absolute atomic E-state index is 0.000865. The van der Waals surface area contributed by atoms with Crippen LogP contribution in [-0.2, 0) is 20.9 Å². The third-order valence-corrected chi connectivity index (χ3v) is 4.60. The summed E-state index contributed by atoms with van der Waals surface area (Å²) in [6.45, 7) is 1.36. The van der Waals surface area contributed by atoms with Gasteiger partial charge < -0.3 is 10.1 Å². The second-order valence-corrected chi connectivity index (χ2v) is 6.83. The molecular formula is C18H17FN2O5S. The lowest BCUT2D eigenvalue weighted by Gasteiger charge is -2.11. The van der Waals surface area contributed by atoms with Crippen molar-refractivity contribution >= 4 is 35.0 Å². The number of benzene rings is 2. The highest BCUT2D eigenvalue weighted by molar-refractivity contribution is 8.01. The number of carbonyl (C=O) groups excluding carboxylic acids is 2. The molecule has 2 aromatic carbocycles. The molecular weight excluding hydrogens is 375 g/mol. The summed E-state index contributed by atoms with van der Waals surface area (Å²) in [6.07, 6.45) is 0. The summed E-state index contributed by atoms with van der Waals surface area (Å²) in [6, 6.07) is 11.3. The Morgan fingerprint density at radius 2 is 1.89 bits per heavy atom. The highest BCUT2D eigenvalue weighted by Crippen LogP contribution is 2.20. The third-order valence-electron chi connectivity index (χ3n) is 3.48. The average molecular weight is 392 g/mol. The highest BCUT2D eigenvalue weighted by atomic mass is 32.2. The minimum Gasteiger partial charge on any atom is -0.460 e. The van der Waals surface area contributed by atoms with Gasteiger partial charge in [0.05, 0.1) is 16.2 Å². The van der Waals surface area contributed by atoms with Gasteiger partial charge in [-0.15, -0.1) is 11.8 Å². The van der Waals surface area contributed by atoms with Crippen LogP contribution in [0.2, 0.25) is 0 Å². The van der Waals surface area contributed by atoms with E-state index in [-0.39, 0.29) is 24.0 Å². The van der Waals surface area contributed by atoms with Gasteiger partial charge in [-0.1, -0.05) is 12.1 Å². The Kier molecular flexibility index (Phi) is 7.30. The van der Waals surface area contributed by atoms with Gasteiger partial charge in [0, 0.05) is 11.8 Å². The zero-order chi connectivity index (χ0) is 19.8. The Morgan fingerprint density at radius 3 is 2.56 bits per heavy atom. The second kappa shape index (κ2) is 9.67. The number of nitrogens with zero attached hydrogens (tertiary/aromatic N) is 1. The maximum Gasteiger partial charge on any atom is 0.319 e. The number of carbonyl (C=O) groups is 2. The van der Waals surface area contributed by atoms with Crippen LogP contribution in [0.1, 0.15) is 12.5 Å². The molecule has 1 atom stereocenters. The fourth-order valence-electron chi connectivity index (χ4n) is 2.08. The van der Waals surface area contributed by atoms with Crippen LogP contribution >= 0.6 is 11.8 Å². The van der Waals surface area contributed by atoms with Crippen molar-refractivity contribution in [2.24, 2.45) is 0 Å². The Labute approximate surface area is 159 Å². The Hall–Kier alpha value is -2.94. The van der Waals surface area contributed by atoms with E-state index < -0.39 is 22.0 Å². The Balaban J connectivity index is 1.79. The first kappa shape index (κ1) is 20.4. The van der Waals surface area contributed by atoms with Gasteiger partial charge in [0.25, 0.3) is 5.69 Å². The summed E-state index contributed by atoms with van der Waals surface area (Å²) in [7, 11) is 0. The largest absolute Gasteiger partial charge is 0.460 e. The van der Waals surface area contributed by atoms with Gasteiger partial charge in [-0.05, 0) is 37.3 Å². The number of para-hydroxylation sites is 1. The number of halogens is 1. The number of ether oxygens (including phenoxy) is 1. The third kappa shape index (κ3) is 6.37. The van der Waals surface area contributed by atoms with Crippen molar-refractivity contribution in [2.75, 3.05) is 11.1 Å². The molecule has 0 heterocycles. The van der Waals surface area contributed by atoms with Gasteiger partial charge in [0.15, 0.2) is 0 Å². The summed E-state index contributed by atoms with van der Waals surface area (Å²) in [5.41, 5.74) is 0.625. The Bertz CT molecular complexity index is 829. The fraction of sp³-hybridized carbons (Fsp3) is 0.222. The quantitative estimate of drug-likeness (QED) is 0.419. The number of nitro groups is 1. The van der Waals surface area contributed by atoms with Crippen LogP contribution < -0.4 is 5.32 Å². The first-order valence-electron chi connectivity index (χ1n) is 7.93. The zero-order valence-corrected chi connectivity index (χ0v) is 15.2. The van der Waals surface area contributed by atoms with E-state index in [0.29, 0.717) is 11.3 Å². The van der Waals surface area contributed by atoms with Gasteiger partial charge in [0.2, 0.25) is 5.91 Å². The number of anilines is 1. The molecule has 2 rings (SSSR count). The van der Waals surface area contributed by atoms with Gasteiger partial charge in [-0.2, -0.15) is 0 Å². The van der Waals surface area contributed by atoms with Crippen LogP contribution in [0.15, 0.2) is 48.5 Å². The second-order valence-electron chi connectivity index (χ2n) is 5.50. The van der Waals surface area contributed by atoms with Crippen LogP contribution in [0, 0.1) is 15.9 Å². The smallest absolute Gasteiger partial charge is 0.319 e. The van der Waals surface area contributed by atoms with E-state index in [9.17, 15) is 24.1 Å². The van der Waals surface area contributed by atoms with Crippen molar-refractivity contribution in [3.63, 3.8) is 0 Å². The number of hydrogen-bond donors (Lipinski definition) is 1. The monoisotopic (exact) mass is 392 g/mol. The summed E-state index contributed by atoms with van der Waals surface area (Å²) in [5, 5.41) is 12.9. The maximum atomic E-state index is 12.8. The van der Waals surface area contributed by atoms with Crippen LogP contribution in [0.25, 0.3) is 0 Å². The lowest BCUT2D eigenvalue weighted by molar-refractivity contribution is -0.385. The minimum atomic E-state index is -0.633. The van der Waals surface area contributed by atoms with Crippen molar-refractivity contribution in [3.05, 3.63) is 70.0 Å². The number of esters is 1. The molecule has 0 bridgehead atoms. The van der Waals surface area contributed by atoms with Crippen LogP contribution in [0.4, 0.5) is 15.8 Å². The van der Waals surface area contributed by atoms with Crippen LogP contribution in [0.5, 0.6) is 0 Å². The van der Waals surface area contributed by atoms with Gasteiger partial charge >= 0.3 is 5.97 Å². The molecule has 7 nitrogen and oxygen atoms in total. The molecule has 9 heteroatoms. The molecule has 1 amide bonds. The van der Waals surface area contributed by atoms with E-state index in [1.165, 1.54) is 42.5 Å². The molecule has 0 saturated heterocycles. The normalized spacial score (nSPS) is 11.5. The van der Waals surface area contributed by atoms with Crippen molar-refractivity contribution in [1.82, 2.24) is 0 Å². The van der Waals surface area contributed by atoms with E-state index in [0.717, 1.165) is 11.8 Å². The van der Waals surface area contributed by atoms with E-state index in [1.807, 2.05) is 0 Å². The van der Waals surface area contributed by atoms with Crippen molar-refractivity contribution in [3.8, 4) is 0 Å². The van der Waals surface area contributed by atoms with Gasteiger partial charge in [-0.25, -0.2) is 4.39 Å². The van der Waals surface area contributed by atoms with Crippen molar-refractivity contribution < 1.29 is 23.6 Å². The van der Waals surface area contributed by atoms with Crippen molar-refractivity contribution in [2.45, 2.75) is 18.8 Å². The molecule has 0 spiro atoms. The number of nitrogens with one attached hydrogen (secondary N) is 1. The number of nitro benzene ring substituents is 1. The first-order chi connectivity index (χ1) is 12.9. The van der Waals surface area contributed by atoms with Crippen molar-refractivity contribution in [1.29, 1.82) is 0 Å². The summed E-state index contributed by atoms with van der Waals surface area (Å²) < 4.78 is 17.9. The molecule has 0 aliphatic carbocycles. The summed E-state index contributed by atoms with van der Waals surface area (Å²) in [5.74, 6) is -1.32. The Morgan fingerprint density at radius 1 is 1.22 bits per heavy atom.